The van der Waals surface area contributed by atoms with Gasteiger partial charge in [-0.25, -0.2) is 13.4 Å². The third-order valence-corrected chi connectivity index (χ3v) is 5.70. The van der Waals surface area contributed by atoms with Gasteiger partial charge in [0.2, 0.25) is 0 Å². The maximum absolute atomic E-state index is 12.2. The average Bonchev–Trinajstić information content (AvgIpc) is 2.57. The van der Waals surface area contributed by atoms with Crippen molar-refractivity contribution in [3.8, 4) is 0 Å². The lowest BCUT2D eigenvalue weighted by Crippen LogP contribution is -2.30. The van der Waals surface area contributed by atoms with E-state index in [1.54, 1.807) is 6.92 Å². The molecule has 0 aliphatic rings. The number of aromatic nitrogens is 1. The first kappa shape index (κ1) is 15.4. The zero-order chi connectivity index (χ0) is 13.9. The maximum Gasteiger partial charge on any atom is 0.254 e. The number of ether oxygens (including phenoxy) is 1. The Morgan fingerprint density at radius 1 is 1.50 bits per heavy atom. The minimum atomic E-state index is -3.52. The van der Waals surface area contributed by atoms with Gasteiger partial charge in [-0.1, -0.05) is 11.3 Å². The molecular weight excluding hydrogens is 274 g/mol. The van der Waals surface area contributed by atoms with Crippen molar-refractivity contribution in [2.45, 2.75) is 31.1 Å². The molecule has 1 heterocycles. The highest BCUT2D eigenvalue weighted by Crippen LogP contribution is 2.27. The summed E-state index contributed by atoms with van der Waals surface area (Å²) in [5, 5.41) is 0.262. The zero-order valence-corrected chi connectivity index (χ0v) is 12.6. The third-order valence-electron chi connectivity index (χ3n) is 2.27. The van der Waals surface area contributed by atoms with Crippen LogP contribution >= 0.6 is 11.3 Å². The van der Waals surface area contributed by atoms with Crippen molar-refractivity contribution in [3.05, 3.63) is 5.69 Å². The van der Waals surface area contributed by atoms with Crippen LogP contribution in [0.5, 0.6) is 0 Å². The average molecular weight is 293 g/mol. The first-order chi connectivity index (χ1) is 8.25. The summed E-state index contributed by atoms with van der Waals surface area (Å²) in [4.78, 5) is 3.93. The molecule has 0 unspecified atom stereocenters. The Bertz CT molecular complexity index is 496. The number of rotatable bonds is 6. The molecule has 0 saturated carbocycles. The second-order valence-corrected chi connectivity index (χ2v) is 7.44. The van der Waals surface area contributed by atoms with Crippen LogP contribution in [0.4, 0.5) is 5.13 Å². The van der Waals surface area contributed by atoms with E-state index in [-0.39, 0.29) is 15.4 Å². The topological polar surface area (TPSA) is 85.5 Å². The van der Waals surface area contributed by atoms with Gasteiger partial charge in [0.15, 0.2) is 9.34 Å². The SMILES string of the molecule is Cc1nc(N)sc1S(=O)(=O)N(C)CCOC(C)C. The number of likely N-dealkylation sites (N-methyl/N-ethyl adjacent to an activating group) is 1. The summed E-state index contributed by atoms with van der Waals surface area (Å²) in [5.41, 5.74) is 5.95. The number of nitrogens with two attached hydrogens (primary N) is 1. The second kappa shape index (κ2) is 5.96. The first-order valence-corrected chi connectivity index (χ1v) is 7.81. The van der Waals surface area contributed by atoms with Gasteiger partial charge in [-0.15, -0.1) is 0 Å². The molecule has 0 amide bonds. The monoisotopic (exact) mass is 293 g/mol. The molecule has 0 aliphatic carbocycles. The molecule has 0 aliphatic heterocycles. The second-order valence-electron chi connectivity index (χ2n) is 4.17. The molecule has 0 bridgehead atoms. The summed E-state index contributed by atoms with van der Waals surface area (Å²) in [5.74, 6) is 0. The van der Waals surface area contributed by atoms with Gasteiger partial charge in [0, 0.05) is 13.6 Å². The van der Waals surface area contributed by atoms with E-state index < -0.39 is 10.0 Å². The van der Waals surface area contributed by atoms with Gasteiger partial charge >= 0.3 is 0 Å². The summed E-state index contributed by atoms with van der Waals surface area (Å²) >= 11 is 0.986. The summed E-state index contributed by atoms with van der Waals surface area (Å²) in [7, 11) is -2.00. The molecule has 0 saturated heterocycles. The highest BCUT2D eigenvalue weighted by molar-refractivity contribution is 7.91. The van der Waals surface area contributed by atoms with Gasteiger partial charge < -0.3 is 10.5 Å². The van der Waals surface area contributed by atoms with Crippen LogP contribution in [0.1, 0.15) is 19.5 Å². The van der Waals surface area contributed by atoms with Crippen LogP contribution in [-0.2, 0) is 14.8 Å². The lowest BCUT2D eigenvalue weighted by atomic mass is 10.5. The largest absolute Gasteiger partial charge is 0.377 e. The van der Waals surface area contributed by atoms with Crippen molar-refractivity contribution >= 4 is 26.5 Å². The predicted octanol–water partition coefficient (Wildman–Crippen LogP) is 1.08. The standard InChI is InChI=1S/C10H19N3O3S2/c1-7(2)16-6-5-13(4)18(14,15)9-8(3)12-10(11)17-9/h7H,5-6H2,1-4H3,(H2,11,12). The molecule has 0 aromatic carbocycles. The van der Waals surface area contributed by atoms with E-state index in [0.29, 0.717) is 18.8 Å². The number of nitrogen functional groups attached to an aromatic ring is 1. The fourth-order valence-electron chi connectivity index (χ4n) is 1.32. The number of thiazole rings is 1. The normalized spacial score (nSPS) is 12.6. The van der Waals surface area contributed by atoms with E-state index in [4.69, 9.17) is 10.5 Å². The van der Waals surface area contributed by atoms with E-state index in [1.807, 2.05) is 13.8 Å². The lowest BCUT2D eigenvalue weighted by molar-refractivity contribution is 0.0737. The quantitative estimate of drug-likeness (QED) is 0.848. The summed E-state index contributed by atoms with van der Waals surface area (Å²) in [6.45, 7) is 6.11. The van der Waals surface area contributed by atoms with Crippen molar-refractivity contribution in [1.29, 1.82) is 0 Å². The maximum atomic E-state index is 12.2. The fourth-order valence-corrected chi connectivity index (χ4v) is 3.96. The van der Waals surface area contributed by atoms with Crippen molar-refractivity contribution in [2.75, 3.05) is 25.9 Å². The Morgan fingerprint density at radius 2 is 2.11 bits per heavy atom. The number of sulfonamides is 1. The van der Waals surface area contributed by atoms with Crippen LogP contribution in [0.3, 0.4) is 0 Å². The van der Waals surface area contributed by atoms with Gasteiger partial charge in [0.1, 0.15) is 0 Å². The van der Waals surface area contributed by atoms with E-state index >= 15 is 0 Å². The Morgan fingerprint density at radius 3 is 2.56 bits per heavy atom. The molecular formula is C10H19N3O3S2. The molecule has 0 radical (unpaired) electrons. The third kappa shape index (κ3) is 3.64. The Balaban J connectivity index is 2.77. The van der Waals surface area contributed by atoms with Crippen LogP contribution in [0.2, 0.25) is 0 Å². The Hall–Kier alpha value is -0.700. The van der Waals surface area contributed by atoms with E-state index in [9.17, 15) is 8.42 Å². The highest BCUT2D eigenvalue weighted by atomic mass is 32.2. The minimum Gasteiger partial charge on any atom is -0.377 e. The molecule has 8 heteroatoms. The number of aryl methyl sites for hydroxylation is 1. The summed E-state index contributed by atoms with van der Waals surface area (Å²) in [6.07, 6.45) is 0.0851. The minimum absolute atomic E-state index is 0.0851. The van der Waals surface area contributed by atoms with Crippen molar-refractivity contribution in [3.63, 3.8) is 0 Å². The smallest absolute Gasteiger partial charge is 0.254 e. The number of nitrogens with zero attached hydrogens (tertiary/aromatic N) is 2. The van der Waals surface area contributed by atoms with E-state index in [1.165, 1.54) is 11.4 Å². The molecule has 104 valence electrons. The predicted molar refractivity (Wildman–Crippen MR) is 72.2 cm³/mol. The van der Waals surface area contributed by atoms with Gasteiger partial charge in [0.05, 0.1) is 18.4 Å². The van der Waals surface area contributed by atoms with E-state index in [2.05, 4.69) is 4.98 Å². The molecule has 6 nitrogen and oxygen atoms in total. The summed E-state index contributed by atoms with van der Waals surface area (Å²) in [6, 6.07) is 0. The molecule has 0 spiro atoms. The van der Waals surface area contributed by atoms with Crippen molar-refractivity contribution in [2.24, 2.45) is 0 Å². The number of hydrogen-bond donors (Lipinski definition) is 1. The highest BCUT2D eigenvalue weighted by Gasteiger charge is 2.25. The van der Waals surface area contributed by atoms with E-state index in [0.717, 1.165) is 11.3 Å². The van der Waals surface area contributed by atoms with Crippen LogP contribution in [0.15, 0.2) is 4.21 Å². The van der Waals surface area contributed by atoms with Crippen LogP contribution in [0.25, 0.3) is 0 Å². The van der Waals surface area contributed by atoms with Gasteiger partial charge in [-0.05, 0) is 20.8 Å². The van der Waals surface area contributed by atoms with Gasteiger partial charge in [-0.2, -0.15) is 4.31 Å². The summed E-state index contributed by atoms with van der Waals surface area (Å²) < 4.78 is 31.3. The fraction of sp³-hybridized carbons (Fsp3) is 0.700. The van der Waals surface area contributed by atoms with Gasteiger partial charge in [0.25, 0.3) is 10.0 Å². The Kier molecular flexibility index (Phi) is 5.09. The van der Waals surface area contributed by atoms with Crippen molar-refractivity contribution < 1.29 is 13.2 Å². The van der Waals surface area contributed by atoms with Crippen LogP contribution in [0, 0.1) is 6.92 Å². The molecule has 1 aromatic heterocycles. The molecule has 2 N–H and O–H groups in total. The molecule has 0 fully saturated rings. The Labute approximate surface area is 112 Å². The molecule has 1 rings (SSSR count). The number of anilines is 1. The molecule has 0 atom stereocenters. The van der Waals surface area contributed by atoms with Crippen LogP contribution < -0.4 is 5.73 Å². The first-order valence-electron chi connectivity index (χ1n) is 5.56. The number of hydrogen-bond acceptors (Lipinski definition) is 6. The lowest BCUT2D eigenvalue weighted by Gasteiger charge is -2.17. The van der Waals surface area contributed by atoms with Crippen molar-refractivity contribution in [1.82, 2.24) is 9.29 Å². The molecule has 1 aromatic rings. The molecule has 18 heavy (non-hydrogen) atoms. The van der Waals surface area contributed by atoms with Crippen LogP contribution in [-0.4, -0.2) is 44.0 Å². The zero-order valence-electron chi connectivity index (χ0n) is 11.0. The van der Waals surface area contributed by atoms with Gasteiger partial charge in [-0.3, -0.25) is 0 Å².